The van der Waals surface area contributed by atoms with Gasteiger partial charge in [0.25, 0.3) is 0 Å². The lowest BCUT2D eigenvalue weighted by molar-refractivity contribution is -0.137. The zero-order chi connectivity index (χ0) is 10.6. The van der Waals surface area contributed by atoms with Gasteiger partial charge in [-0.2, -0.15) is 0 Å². The van der Waals surface area contributed by atoms with Crippen LogP contribution >= 0.6 is 0 Å². The Hall–Kier alpha value is -1.42. The second kappa shape index (κ2) is 4.72. The second-order valence-corrected chi connectivity index (χ2v) is 3.09. The molecular formula is C10H12FNO2. The molecule has 14 heavy (non-hydrogen) atoms. The van der Waals surface area contributed by atoms with Gasteiger partial charge in [0, 0.05) is 5.92 Å². The number of carbonyl (C=O) groups is 1. The molecule has 0 amide bonds. The number of carboxylic acid groups (broad SMARTS) is 1. The minimum atomic E-state index is -0.926. The summed E-state index contributed by atoms with van der Waals surface area (Å²) in [6.45, 7) is 0.204. The fraction of sp³-hybridized carbons (Fsp3) is 0.300. The van der Waals surface area contributed by atoms with Crippen LogP contribution in [0.1, 0.15) is 17.9 Å². The maximum Gasteiger partial charge on any atom is 0.304 e. The third kappa shape index (κ3) is 2.81. The van der Waals surface area contributed by atoms with Crippen molar-refractivity contribution in [2.45, 2.75) is 12.3 Å². The minimum absolute atomic E-state index is 0.0695. The third-order valence-electron chi connectivity index (χ3n) is 2.03. The Labute approximate surface area is 81.4 Å². The zero-order valence-corrected chi connectivity index (χ0v) is 7.61. The number of halogens is 1. The first-order valence-electron chi connectivity index (χ1n) is 4.31. The first-order valence-corrected chi connectivity index (χ1v) is 4.31. The van der Waals surface area contributed by atoms with Gasteiger partial charge in [0.2, 0.25) is 0 Å². The molecule has 0 fully saturated rings. The van der Waals surface area contributed by atoms with Gasteiger partial charge >= 0.3 is 5.97 Å². The highest BCUT2D eigenvalue weighted by Gasteiger charge is 2.13. The molecule has 3 nitrogen and oxygen atoms in total. The number of benzene rings is 1. The van der Waals surface area contributed by atoms with Gasteiger partial charge < -0.3 is 10.8 Å². The first kappa shape index (κ1) is 10.7. The van der Waals surface area contributed by atoms with Crippen molar-refractivity contribution in [1.29, 1.82) is 0 Å². The van der Waals surface area contributed by atoms with Crippen LogP contribution in [0.4, 0.5) is 4.39 Å². The molecule has 0 bridgehead atoms. The highest BCUT2D eigenvalue weighted by atomic mass is 19.1. The molecule has 1 atom stereocenters. The number of aliphatic carboxylic acids is 1. The van der Waals surface area contributed by atoms with Crippen LogP contribution in [0.2, 0.25) is 0 Å². The Morgan fingerprint density at radius 1 is 1.57 bits per heavy atom. The van der Waals surface area contributed by atoms with E-state index < -0.39 is 5.97 Å². The Balaban J connectivity index is 2.83. The van der Waals surface area contributed by atoms with E-state index in [2.05, 4.69) is 0 Å². The molecule has 0 aliphatic carbocycles. The summed E-state index contributed by atoms with van der Waals surface area (Å²) in [7, 11) is 0. The van der Waals surface area contributed by atoms with Crippen LogP contribution < -0.4 is 5.73 Å². The molecule has 0 aromatic heterocycles. The Morgan fingerprint density at radius 3 is 2.79 bits per heavy atom. The molecule has 76 valence electrons. The standard InChI is InChI=1S/C10H12FNO2/c11-9-3-1-2-7(4-9)8(6-12)5-10(13)14/h1-4,8H,5-6,12H2,(H,13,14)/t8-/m0/s1. The minimum Gasteiger partial charge on any atom is -0.481 e. The molecule has 3 N–H and O–H groups in total. The predicted octanol–water partition coefficient (Wildman–Crippen LogP) is 1.34. The molecule has 0 aliphatic heterocycles. The van der Waals surface area contributed by atoms with Crippen molar-refractivity contribution in [1.82, 2.24) is 0 Å². The highest BCUT2D eigenvalue weighted by Crippen LogP contribution is 2.18. The molecule has 4 heteroatoms. The van der Waals surface area contributed by atoms with Crippen LogP contribution in [0.3, 0.4) is 0 Å². The lowest BCUT2D eigenvalue weighted by atomic mass is 9.96. The zero-order valence-electron chi connectivity index (χ0n) is 7.61. The Bertz CT molecular complexity index is 328. The van der Waals surface area contributed by atoms with Crippen molar-refractivity contribution in [3.05, 3.63) is 35.6 Å². The molecule has 1 aromatic rings. The van der Waals surface area contributed by atoms with Crippen LogP contribution in [0, 0.1) is 5.82 Å². The van der Waals surface area contributed by atoms with E-state index in [0.717, 1.165) is 0 Å². The van der Waals surface area contributed by atoms with Crippen LogP contribution in [-0.4, -0.2) is 17.6 Å². The Morgan fingerprint density at radius 2 is 2.29 bits per heavy atom. The van der Waals surface area contributed by atoms with E-state index >= 15 is 0 Å². The Kier molecular flexibility index (Phi) is 3.59. The highest BCUT2D eigenvalue weighted by molar-refractivity contribution is 5.68. The normalized spacial score (nSPS) is 12.4. The first-order chi connectivity index (χ1) is 6.63. The maximum absolute atomic E-state index is 12.8. The van der Waals surface area contributed by atoms with E-state index in [1.807, 2.05) is 0 Å². The van der Waals surface area contributed by atoms with Gasteiger partial charge in [0.1, 0.15) is 5.82 Å². The van der Waals surface area contributed by atoms with E-state index in [9.17, 15) is 9.18 Å². The van der Waals surface area contributed by atoms with Gasteiger partial charge in [-0.25, -0.2) is 4.39 Å². The summed E-state index contributed by atoms with van der Waals surface area (Å²) >= 11 is 0. The number of carboxylic acids is 1. The summed E-state index contributed by atoms with van der Waals surface area (Å²) in [5.41, 5.74) is 6.05. The second-order valence-electron chi connectivity index (χ2n) is 3.09. The molecule has 0 saturated heterocycles. The van der Waals surface area contributed by atoms with Crippen LogP contribution in [0.25, 0.3) is 0 Å². The molecular weight excluding hydrogens is 185 g/mol. The van der Waals surface area contributed by atoms with E-state index in [0.29, 0.717) is 5.56 Å². The molecule has 1 rings (SSSR count). The van der Waals surface area contributed by atoms with Crippen molar-refractivity contribution >= 4 is 5.97 Å². The average molecular weight is 197 g/mol. The number of hydrogen-bond acceptors (Lipinski definition) is 2. The smallest absolute Gasteiger partial charge is 0.304 e. The van der Waals surface area contributed by atoms with Crippen molar-refractivity contribution in [3.8, 4) is 0 Å². The lowest BCUT2D eigenvalue weighted by Gasteiger charge is -2.12. The fourth-order valence-electron chi connectivity index (χ4n) is 1.31. The molecule has 0 spiro atoms. The molecule has 0 radical (unpaired) electrons. The molecule has 0 aliphatic rings. The van der Waals surface area contributed by atoms with Gasteiger partial charge in [-0.15, -0.1) is 0 Å². The summed E-state index contributed by atoms with van der Waals surface area (Å²) in [5.74, 6) is -1.61. The third-order valence-corrected chi connectivity index (χ3v) is 2.03. The van der Waals surface area contributed by atoms with Crippen LogP contribution in [0.15, 0.2) is 24.3 Å². The summed E-state index contributed by atoms with van der Waals surface area (Å²) < 4.78 is 12.8. The van der Waals surface area contributed by atoms with E-state index in [4.69, 9.17) is 10.8 Å². The fourth-order valence-corrected chi connectivity index (χ4v) is 1.31. The molecule has 0 saturated carbocycles. The van der Waals surface area contributed by atoms with Crippen molar-refractivity contribution in [3.63, 3.8) is 0 Å². The predicted molar refractivity (Wildman–Crippen MR) is 50.4 cm³/mol. The maximum atomic E-state index is 12.8. The van der Waals surface area contributed by atoms with E-state index in [1.165, 1.54) is 12.1 Å². The van der Waals surface area contributed by atoms with E-state index in [1.54, 1.807) is 12.1 Å². The quantitative estimate of drug-likeness (QED) is 0.765. The lowest BCUT2D eigenvalue weighted by Crippen LogP contribution is -2.16. The number of hydrogen-bond donors (Lipinski definition) is 2. The average Bonchev–Trinajstić information content (AvgIpc) is 2.14. The molecule has 1 aromatic carbocycles. The van der Waals surface area contributed by atoms with Crippen molar-refractivity contribution < 1.29 is 14.3 Å². The molecule has 0 unspecified atom stereocenters. The topological polar surface area (TPSA) is 63.3 Å². The summed E-state index contributed by atoms with van der Waals surface area (Å²) in [5, 5.41) is 8.60. The SMILES string of the molecule is NC[C@H](CC(=O)O)c1cccc(F)c1. The van der Waals surface area contributed by atoms with Gasteiger partial charge in [-0.05, 0) is 24.2 Å². The van der Waals surface area contributed by atoms with Gasteiger partial charge in [0.15, 0.2) is 0 Å². The molecule has 0 heterocycles. The summed E-state index contributed by atoms with van der Waals surface area (Å²) in [4.78, 5) is 10.5. The van der Waals surface area contributed by atoms with E-state index in [-0.39, 0.29) is 24.7 Å². The van der Waals surface area contributed by atoms with Crippen molar-refractivity contribution in [2.75, 3.05) is 6.54 Å². The van der Waals surface area contributed by atoms with Crippen molar-refractivity contribution in [2.24, 2.45) is 5.73 Å². The number of rotatable bonds is 4. The summed E-state index contributed by atoms with van der Waals surface area (Å²) in [6, 6.07) is 5.87. The van der Waals surface area contributed by atoms with Crippen LogP contribution in [-0.2, 0) is 4.79 Å². The monoisotopic (exact) mass is 197 g/mol. The van der Waals surface area contributed by atoms with Crippen LogP contribution in [0.5, 0.6) is 0 Å². The summed E-state index contributed by atoms with van der Waals surface area (Å²) in [6.07, 6.45) is -0.0695. The van der Waals surface area contributed by atoms with Gasteiger partial charge in [-0.3, -0.25) is 4.79 Å². The number of nitrogens with two attached hydrogens (primary N) is 1. The van der Waals surface area contributed by atoms with Gasteiger partial charge in [0.05, 0.1) is 6.42 Å². The largest absolute Gasteiger partial charge is 0.481 e. The van der Waals surface area contributed by atoms with Gasteiger partial charge in [-0.1, -0.05) is 12.1 Å².